The van der Waals surface area contributed by atoms with E-state index >= 15 is 0 Å². The van der Waals surface area contributed by atoms with Gasteiger partial charge in [0.25, 0.3) is 23.6 Å². The molecule has 1 N–H and O–H groups in total. The molecule has 0 aliphatic carbocycles. The van der Waals surface area contributed by atoms with Crippen LogP contribution in [0.2, 0.25) is 0 Å². The highest BCUT2D eigenvalue weighted by molar-refractivity contribution is 9.09. The van der Waals surface area contributed by atoms with E-state index < -0.39 is 0 Å². The van der Waals surface area contributed by atoms with Crippen molar-refractivity contribution in [3.05, 3.63) is 70.8 Å². The fourth-order valence-corrected chi connectivity index (χ4v) is 4.35. The number of likely N-dealkylation sites (N-methyl/N-ethyl adjacent to an activating group) is 1. The van der Waals surface area contributed by atoms with Crippen LogP contribution in [0, 0.1) is 0 Å². The third-order valence-corrected chi connectivity index (χ3v) is 6.45. The second kappa shape index (κ2) is 16.9. The largest absolute Gasteiger partial charge is 0.317 e. The van der Waals surface area contributed by atoms with Crippen LogP contribution in [0.25, 0.3) is 0 Å². The Hall–Kier alpha value is -2.88. The summed E-state index contributed by atoms with van der Waals surface area (Å²) >= 11 is 3.21. The van der Waals surface area contributed by atoms with E-state index in [0.29, 0.717) is 40.7 Å². The summed E-state index contributed by atoms with van der Waals surface area (Å²) in [6, 6.07) is 13.9. The van der Waals surface area contributed by atoms with E-state index in [1.165, 1.54) is 9.80 Å². The van der Waals surface area contributed by atoms with Gasteiger partial charge in [0, 0.05) is 25.0 Å². The maximum absolute atomic E-state index is 12.1. The molecule has 4 amide bonds. The molecule has 38 heavy (non-hydrogen) atoms. The first kappa shape index (κ1) is 33.1. The zero-order valence-corrected chi connectivity index (χ0v) is 23.7. The van der Waals surface area contributed by atoms with Gasteiger partial charge in [0.1, 0.15) is 0 Å². The van der Waals surface area contributed by atoms with Crippen LogP contribution in [0.1, 0.15) is 76.6 Å². The predicted octanol–water partition coefficient (Wildman–Crippen LogP) is 4.55. The molecule has 208 valence electrons. The number of carbonyl (C=O) groups excluding carboxylic acids is 4. The summed E-state index contributed by atoms with van der Waals surface area (Å²) in [5, 5.41) is 3.72. The number of hydrogen-bond donors (Lipinski definition) is 1. The Kier molecular flexibility index (Phi) is 14.7. The number of benzene rings is 2. The zero-order valence-electron chi connectivity index (χ0n) is 22.1. The molecule has 0 fully saturated rings. The van der Waals surface area contributed by atoms with E-state index in [-0.39, 0.29) is 31.1 Å². The third kappa shape index (κ3) is 8.06. The molecule has 4 rings (SSSR count). The first-order chi connectivity index (χ1) is 17.9. The SMILES string of the molecule is C.CCN(CC)CCN1C(=O)c2ccccc2C1=O.CCNCC.O=C1c2ccccc2C(=O)N1CCBr. The van der Waals surface area contributed by atoms with Crippen LogP contribution in [0.4, 0.5) is 0 Å². The standard InChI is InChI=1S/C14H18N2O2.C10H8BrNO2.C4H11N.CH4/c1-3-15(4-2)9-10-16-13(17)11-7-5-6-8-12(11)14(16)18;11-5-6-12-9(13)7-3-1-2-4-8(7)10(12)14;1-3-5-4-2;/h5-8H,3-4,9-10H2,1-2H3;1-4H,5-6H2;5H,3-4H2,1-2H3;1H4. The molecule has 2 aliphatic heterocycles. The molecule has 0 unspecified atom stereocenters. The molecule has 0 spiro atoms. The first-order valence-electron chi connectivity index (χ1n) is 12.7. The van der Waals surface area contributed by atoms with Crippen molar-refractivity contribution in [3.8, 4) is 0 Å². The van der Waals surface area contributed by atoms with Gasteiger partial charge in [-0.2, -0.15) is 0 Å². The Labute approximate surface area is 235 Å². The van der Waals surface area contributed by atoms with Gasteiger partial charge in [0.15, 0.2) is 0 Å². The first-order valence-corrected chi connectivity index (χ1v) is 13.9. The minimum Gasteiger partial charge on any atom is -0.317 e. The van der Waals surface area contributed by atoms with Gasteiger partial charge in [0.2, 0.25) is 0 Å². The molecule has 2 heterocycles. The summed E-state index contributed by atoms with van der Waals surface area (Å²) < 4.78 is 0. The fraction of sp³-hybridized carbons (Fsp3) is 0.448. The lowest BCUT2D eigenvalue weighted by Crippen LogP contribution is -2.38. The highest BCUT2D eigenvalue weighted by Crippen LogP contribution is 2.23. The molecule has 0 aromatic heterocycles. The Morgan fingerprint density at radius 1 is 0.658 bits per heavy atom. The zero-order chi connectivity index (χ0) is 27.4. The second-order valence-corrected chi connectivity index (χ2v) is 9.08. The Morgan fingerprint density at radius 3 is 1.26 bits per heavy atom. The van der Waals surface area contributed by atoms with Gasteiger partial charge in [-0.05, 0) is 50.4 Å². The average Bonchev–Trinajstić information content (AvgIpc) is 3.31. The van der Waals surface area contributed by atoms with Crippen LogP contribution in [-0.4, -0.2) is 89.5 Å². The molecule has 0 radical (unpaired) electrons. The van der Waals surface area contributed by atoms with Crippen molar-refractivity contribution >= 4 is 39.6 Å². The second-order valence-electron chi connectivity index (χ2n) is 8.29. The van der Waals surface area contributed by atoms with Crippen LogP contribution < -0.4 is 5.32 Å². The van der Waals surface area contributed by atoms with Crippen LogP contribution in [0.3, 0.4) is 0 Å². The minimum atomic E-state index is -0.190. The highest BCUT2D eigenvalue weighted by Gasteiger charge is 2.35. The van der Waals surface area contributed by atoms with Crippen molar-refractivity contribution in [2.24, 2.45) is 0 Å². The minimum absolute atomic E-state index is 0. The molecule has 8 nitrogen and oxygen atoms in total. The van der Waals surface area contributed by atoms with Gasteiger partial charge in [-0.3, -0.25) is 29.0 Å². The molecular weight excluding hydrogens is 548 g/mol. The highest BCUT2D eigenvalue weighted by atomic mass is 79.9. The molecule has 9 heteroatoms. The number of rotatable bonds is 9. The van der Waals surface area contributed by atoms with Crippen molar-refractivity contribution in [1.29, 1.82) is 0 Å². The predicted molar refractivity (Wildman–Crippen MR) is 156 cm³/mol. The summed E-state index contributed by atoms with van der Waals surface area (Å²) in [4.78, 5) is 52.3. The fourth-order valence-electron chi connectivity index (χ4n) is 4.00. The Morgan fingerprint density at radius 2 is 1.00 bits per heavy atom. The lowest BCUT2D eigenvalue weighted by atomic mass is 10.1. The van der Waals surface area contributed by atoms with Gasteiger partial charge >= 0.3 is 0 Å². The van der Waals surface area contributed by atoms with E-state index in [4.69, 9.17) is 0 Å². The molecule has 0 saturated heterocycles. The van der Waals surface area contributed by atoms with Crippen LogP contribution in [0.15, 0.2) is 48.5 Å². The van der Waals surface area contributed by atoms with Crippen molar-refractivity contribution in [3.63, 3.8) is 0 Å². The molecule has 0 saturated carbocycles. The Bertz CT molecular complexity index is 1020. The average molecular weight is 590 g/mol. The number of nitrogens with zero attached hydrogens (tertiary/aromatic N) is 3. The van der Waals surface area contributed by atoms with Gasteiger partial charge in [-0.1, -0.05) is 75.3 Å². The van der Waals surface area contributed by atoms with Crippen molar-refractivity contribution < 1.29 is 19.2 Å². The lowest BCUT2D eigenvalue weighted by Gasteiger charge is -2.21. The van der Waals surface area contributed by atoms with Crippen molar-refractivity contribution in [1.82, 2.24) is 20.0 Å². The topological polar surface area (TPSA) is 90.0 Å². The van der Waals surface area contributed by atoms with Crippen molar-refractivity contribution in [2.45, 2.75) is 35.1 Å². The number of hydrogen-bond acceptors (Lipinski definition) is 6. The van der Waals surface area contributed by atoms with Gasteiger partial charge < -0.3 is 10.2 Å². The maximum Gasteiger partial charge on any atom is 0.261 e. The summed E-state index contributed by atoms with van der Waals surface area (Å²) in [7, 11) is 0. The number of carbonyl (C=O) groups is 4. The molecule has 0 bridgehead atoms. The Balaban J connectivity index is 0.000000322. The summed E-state index contributed by atoms with van der Waals surface area (Å²) in [6.45, 7) is 14.0. The molecule has 0 atom stereocenters. The molecule has 2 aliphatic rings. The number of nitrogens with one attached hydrogen (secondary N) is 1. The smallest absolute Gasteiger partial charge is 0.261 e. The number of fused-ring (bicyclic) bond motifs is 2. The van der Waals surface area contributed by atoms with E-state index in [0.717, 1.165) is 32.7 Å². The van der Waals surface area contributed by atoms with E-state index in [1.807, 2.05) is 0 Å². The van der Waals surface area contributed by atoms with Crippen molar-refractivity contribution in [2.75, 3.05) is 51.1 Å². The summed E-state index contributed by atoms with van der Waals surface area (Å²) in [5.74, 6) is -0.708. The molecule has 2 aromatic rings. The monoisotopic (exact) mass is 588 g/mol. The maximum atomic E-state index is 12.1. The third-order valence-electron chi connectivity index (χ3n) is 6.10. The quantitative estimate of drug-likeness (QED) is 0.341. The van der Waals surface area contributed by atoms with E-state index in [2.05, 4.69) is 53.8 Å². The number of imide groups is 2. The van der Waals surface area contributed by atoms with Gasteiger partial charge in [0.05, 0.1) is 22.3 Å². The molecular formula is C29H41BrN4O4. The number of halogens is 1. The van der Waals surface area contributed by atoms with Crippen LogP contribution in [-0.2, 0) is 0 Å². The molecule has 2 aromatic carbocycles. The number of amides is 4. The normalized spacial score (nSPS) is 13.4. The van der Waals surface area contributed by atoms with Crippen LogP contribution in [0.5, 0.6) is 0 Å². The van der Waals surface area contributed by atoms with Gasteiger partial charge in [-0.25, -0.2) is 0 Å². The van der Waals surface area contributed by atoms with E-state index in [9.17, 15) is 19.2 Å². The van der Waals surface area contributed by atoms with Crippen LogP contribution >= 0.6 is 15.9 Å². The van der Waals surface area contributed by atoms with Gasteiger partial charge in [-0.15, -0.1) is 0 Å². The number of alkyl halides is 1. The lowest BCUT2D eigenvalue weighted by molar-refractivity contribution is 0.0631. The van der Waals surface area contributed by atoms with E-state index in [1.54, 1.807) is 48.5 Å². The summed E-state index contributed by atoms with van der Waals surface area (Å²) in [5.41, 5.74) is 2.08. The summed E-state index contributed by atoms with van der Waals surface area (Å²) in [6.07, 6.45) is 0.